The second-order valence-electron chi connectivity index (χ2n) is 11.0. The van der Waals surface area contributed by atoms with Crippen LogP contribution in [0.2, 0.25) is 0 Å². The van der Waals surface area contributed by atoms with Crippen molar-refractivity contribution >= 4 is 11.9 Å². The Kier molecular flexibility index (Phi) is 22.9. The molecular weight excluding hydrogens is 424 g/mol. The third-order valence-corrected chi connectivity index (χ3v) is 6.51. The summed E-state index contributed by atoms with van der Waals surface area (Å²) in [6.45, 7) is 12.0. The van der Waals surface area contributed by atoms with E-state index in [2.05, 4.69) is 34.6 Å². The molecule has 0 amide bonds. The van der Waals surface area contributed by atoms with Crippen LogP contribution in [0.25, 0.3) is 0 Å². The number of carbonyl (C=O) groups is 2. The molecular formula is C30H58O4. The van der Waals surface area contributed by atoms with Gasteiger partial charge in [-0.3, -0.25) is 9.59 Å². The molecule has 0 radical (unpaired) electrons. The summed E-state index contributed by atoms with van der Waals surface area (Å²) in [5.41, 5.74) is 0. The zero-order valence-corrected chi connectivity index (χ0v) is 23.5. The third kappa shape index (κ3) is 21.5. The highest BCUT2D eigenvalue weighted by atomic mass is 16.6. The Morgan fingerprint density at radius 3 is 1.26 bits per heavy atom. The van der Waals surface area contributed by atoms with E-state index < -0.39 is 5.92 Å². The molecule has 0 rings (SSSR count). The third-order valence-electron chi connectivity index (χ3n) is 6.51. The van der Waals surface area contributed by atoms with Crippen LogP contribution in [0.1, 0.15) is 150 Å². The second-order valence-corrected chi connectivity index (χ2v) is 11.0. The van der Waals surface area contributed by atoms with Gasteiger partial charge in [-0.05, 0) is 31.1 Å². The molecule has 0 aromatic carbocycles. The molecule has 0 saturated carbocycles. The van der Waals surface area contributed by atoms with Crippen molar-refractivity contribution in [2.75, 3.05) is 13.2 Å². The average molecular weight is 483 g/mol. The first kappa shape index (κ1) is 32.9. The fourth-order valence-corrected chi connectivity index (χ4v) is 4.20. The lowest BCUT2D eigenvalue weighted by molar-refractivity contribution is -0.162. The van der Waals surface area contributed by atoms with Crippen LogP contribution in [0.5, 0.6) is 0 Å². The molecule has 34 heavy (non-hydrogen) atoms. The lowest BCUT2D eigenvalue weighted by Gasteiger charge is -2.16. The topological polar surface area (TPSA) is 52.6 Å². The highest BCUT2D eigenvalue weighted by Gasteiger charge is 2.29. The number of ether oxygens (including phenoxy) is 2. The molecule has 0 fully saturated rings. The van der Waals surface area contributed by atoms with Crippen molar-refractivity contribution in [2.45, 2.75) is 150 Å². The molecule has 0 aliphatic heterocycles. The smallest absolute Gasteiger partial charge is 0.320 e. The Balaban J connectivity index is 4.30. The first-order valence-electron chi connectivity index (χ1n) is 14.7. The van der Waals surface area contributed by atoms with Gasteiger partial charge in [-0.25, -0.2) is 0 Å². The summed E-state index contributed by atoms with van der Waals surface area (Å²) >= 11 is 0. The van der Waals surface area contributed by atoms with E-state index in [1.54, 1.807) is 0 Å². The molecule has 4 heteroatoms. The predicted octanol–water partition coefficient (Wildman–Crippen LogP) is 9.04. The van der Waals surface area contributed by atoms with Crippen LogP contribution in [0.15, 0.2) is 0 Å². The summed E-state index contributed by atoms with van der Waals surface area (Å²) in [6, 6.07) is 0. The first-order chi connectivity index (χ1) is 16.4. The van der Waals surface area contributed by atoms with Gasteiger partial charge in [0.15, 0.2) is 5.92 Å². The van der Waals surface area contributed by atoms with Crippen molar-refractivity contribution in [1.82, 2.24) is 0 Å². The molecule has 0 aliphatic carbocycles. The number of rotatable bonds is 24. The van der Waals surface area contributed by atoms with Gasteiger partial charge in [-0.15, -0.1) is 0 Å². The number of unbranched alkanes of at least 4 members (excludes halogenated alkanes) is 12. The standard InChI is InChI=1S/C30H58O4/c1-6-7-8-9-10-11-12-13-18-23-28(29(31)33-24-19-14-16-21-26(2)3)30(32)34-25-20-15-17-22-27(4)5/h26-28H,6-25H2,1-5H3. The van der Waals surface area contributed by atoms with Gasteiger partial charge in [-0.2, -0.15) is 0 Å². The molecule has 0 unspecified atom stereocenters. The van der Waals surface area contributed by atoms with Crippen LogP contribution >= 0.6 is 0 Å². The quantitative estimate of drug-likeness (QED) is 0.0782. The molecule has 4 nitrogen and oxygen atoms in total. The van der Waals surface area contributed by atoms with Crippen LogP contribution in [0, 0.1) is 17.8 Å². The molecule has 0 heterocycles. The average Bonchev–Trinajstić information content (AvgIpc) is 2.79. The fraction of sp³-hybridized carbons (Fsp3) is 0.933. The Hall–Kier alpha value is -1.06. The summed E-state index contributed by atoms with van der Waals surface area (Å²) in [7, 11) is 0. The molecule has 0 saturated heterocycles. The van der Waals surface area contributed by atoms with Gasteiger partial charge in [0.25, 0.3) is 0 Å². The Bertz CT molecular complexity index is 440. The van der Waals surface area contributed by atoms with Gasteiger partial charge in [-0.1, -0.05) is 131 Å². The van der Waals surface area contributed by atoms with Crippen molar-refractivity contribution in [1.29, 1.82) is 0 Å². The maximum Gasteiger partial charge on any atom is 0.320 e. The normalized spacial score (nSPS) is 11.5. The monoisotopic (exact) mass is 482 g/mol. The number of hydrogen-bond donors (Lipinski definition) is 0. The van der Waals surface area contributed by atoms with E-state index in [-0.39, 0.29) is 11.9 Å². The van der Waals surface area contributed by atoms with E-state index >= 15 is 0 Å². The van der Waals surface area contributed by atoms with Crippen LogP contribution < -0.4 is 0 Å². The lowest BCUT2D eigenvalue weighted by atomic mass is 10.00. The number of hydrogen-bond acceptors (Lipinski definition) is 4. The van der Waals surface area contributed by atoms with Crippen molar-refractivity contribution in [3.05, 3.63) is 0 Å². The Labute approximate surface area is 212 Å². The number of esters is 2. The largest absolute Gasteiger partial charge is 0.465 e. The maximum absolute atomic E-state index is 12.7. The summed E-state index contributed by atoms with van der Waals surface area (Å²) in [5.74, 6) is -0.0934. The van der Waals surface area contributed by atoms with Crippen LogP contribution in [-0.4, -0.2) is 25.2 Å². The summed E-state index contributed by atoms with van der Waals surface area (Å²) in [4.78, 5) is 25.4. The molecule has 0 aliphatic rings. The van der Waals surface area contributed by atoms with E-state index in [1.165, 1.54) is 57.8 Å². The van der Waals surface area contributed by atoms with Crippen molar-refractivity contribution in [3.63, 3.8) is 0 Å². The Morgan fingerprint density at radius 1 is 0.500 bits per heavy atom. The minimum atomic E-state index is -0.754. The summed E-state index contributed by atoms with van der Waals surface area (Å²) in [5, 5.41) is 0. The molecule has 202 valence electrons. The maximum atomic E-state index is 12.7. The van der Waals surface area contributed by atoms with Gasteiger partial charge in [0.05, 0.1) is 13.2 Å². The lowest BCUT2D eigenvalue weighted by Crippen LogP contribution is -2.28. The molecule has 0 spiro atoms. The summed E-state index contributed by atoms with van der Waals surface area (Å²) < 4.78 is 11.0. The fourth-order valence-electron chi connectivity index (χ4n) is 4.20. The van der Waals surface area contributed by atoms with E-state index in [0.717, 1.165) is 51.4 Å². The van der Waals surface area contributed by atoms with E-state index in [9.17, 15) is 9.59 Å². The molecule has 0 bridgehead atoms. The van der Waals surface area contributed by atoms with Crippen molar-refractivity contribution in [2.24, 2.45) is 17.8 Å². The van der Waals surface area contributed by atoms with E-state index in [1.807, 2.05) is 0 Å². The summed E-state index contributed by atoms with van der Waals surface area (Å²) in [6.07, 6.45) is 20.1. The van der Waals surface area contributed by atoms with Crippen molar-refractivity contribution in [3.8, 4) is 0 Å². The van der Waals surface area contributed by atoms with Crippen LogP contribution in [0.3, 0.4) is 0 Å². The predicted molar refractivity (Wildman–Crippen MR) is 144 cm³/mol. The van der Waals surface area contributed by atoms with Crippen LogP contribution in [0.4, 0.5) is 0 Å². The van der Waals surface area contributed by atoms with E-state index in [0.29, 0.717) is 31.5 Å². The van der Waals surface area contributed by atoms with Gasteiger partial charge >= 0.3 is 11.9 Å². The number of carbonyl (C=O) groups excluding carboxylic acids is 2. The van der Waals surface area contributed by atoms with E-state index in [4.69, 9.17) is 9.47 Å². The zero-order chi connectivity index (χ0) is 25.4. The highest BCUT2D eigenvalue weighted by Crippen LogP contribution is 2.18. The minimum Gasteiger partial charge on any atom is -0.465 e. The van der Waals surface area contributed by atoms with Crippen molar-refractivity contribution < 1.29 is 19.1 Å². The first-order valence-corrected chi connectivity index (χ1v) is 14.7. The molecule has 0 N–H and O–H groups in total. The van der Waals surface area contributed by atoms with Crippen LogP contribution in [-0.2, 0) is 19.1 Å². The second kappa shape index (κ2) is 23.7. The SMILES string of the molecule is CCCCCCCCCCCC(C(=O)OCCCCCC(C)C)C(=O)OCCCCCC(C)C. The van der Waals surface area contributed by atoms with Gasteiger partial charge in [0.2, 0.25) is 0 Å². The van der Waals surface area contributed by atoms with Gasteiger partial charge < -0.3 is 9.47 Å². The zero-order valence-electron chi connectivity index (χ0n) is 23.5. The van der Waals surface area contributed by atoms with Gasteiger partial charge in [0, 0.05) is 0 Å². The molecule has 0 atom stereocenters. The molecule has 0 aromatic rings. The minimum absolute atomic E-state index is 0.381. The van der Waals surface area contributed by atoms with Gasteiger partial charge in [0.1, 0.15) is 0 Å². The highest BCUT2D eigenvalue weighted by molar-refractivity contribution is 5.94. The Morgan fingerprint density at radius 2 is 0.853 bits per heavy atom. The molecule has 0 aromatic heterocycles.